The van der Waals surface area contributed by atoms with Crippen molar-refractivity contribution in [2.24, 2.45) is 5.73 Å². The van der Waals surface area contributed by atoms with Gasteiger partial charge in [0.2, 0.25) is 11.8 Å². The summed E-state index contributed by atoms with van der Waals surface area (Å²) in [5.74, 6) is -0.440. The predicted molar refractivity (Wildman–Crippen MR) is 78.7 cm³/mol. The first kappa shape index (κ1) is 17.9. The molecule has 4 heteroatoms. The van der Waals surface area contributed by atoms with Gasteiger partial charge >= 0.3 is 0 Å². The minimum absolute atomic E-state index is 0.0155. The standard InChI is InChI=1S/C15H30N2O2/c1-3-4-5-6-7-8-9-10-11-12-15(19)17(2)13-14(16)18/h3-13H2,1-2H3,(H2,16,18). The summed E-state index contributed by atoms with van der Waals surface area (Å²) in [4.78, 5) is 23.7. The number of hydrogen-bond acceptors (Lipinski definition) is 2. The fourth-order valence-corrected chi connectivity index (χ4v) is 2.10. The second-order valence-corrected chi connectivity index (χ2v) is 5.29. The second kappa shape index (κ2) is 12.0. The Bertz CT molecular complexity index is 255. The van der Waals surface area contributed by atoms with Crippen LogP contribution in [0.4, 0.5) is 0 Å². The molecule has 0 radical (unpaired) electrons. The highest BCUT2D eigenvalue weighted by Crippen LogP contribution is 2.10. The molecule has 0 aromatic carbocycles. The molecular formula is C15H30N2O2. The highest BCUT2D eigenvalue weighted by Gasteiger charge is 2.09. The predicted octanol–water partition coefficient (Wildman–Crippen LogP) is 2.85. The minimum Gasteiger partial charge on any atom is -0.368 e. The van der Waals surface area contributed by atoms with Crippen molar-refractivity contribution in [1.82, 2.24) is 4.90 Å². The topological polar surface area (TPSA) is 63.4 Å². The summed E-state index contributed by atoms with van der Waals surface area (Å²) in [6.45, 7) is 2.25. The molecule has 0 saturated carbocycles. The SMILES string of the molecule is CCCCCCCCCCCC(=O)N(C)CC(N)=O. The highest BCUT2D eigenvalue weighted by atomic mass is 16.2. The first-order chi connectivity index (χ1) is 9.07. The zero-order valence-corrected chi connectivity index (χ0v) is 12.6. The van der Waals surface area contributed by atoms with Gasteiger partial charge in [0, 0.05) is 13.5 Å². The van der Waals surface area contributed by atoms with E-state index in [1.165, 1.54) is 49.8 Å². The molecule has 4 nitrogen and oxygen atoms in total. The third-order valence-corrected chi connectivity index (χ3v) is 3.31. The van der Waals surface area contributed by atoms with Crippen molar-refractivity contribution in [2.75, 3.05) is 13.6 Å². The zero-order chi connectivity index (χ0) is 14.5. The normalized spacial score (nSPS) is 10.4. The van der Waals surface area contributed by atoms with Crippen molar-refractivity contribution in [1.29, 1.82) is 0 Å². The van der Waals surface area contributed by atoms with Crippen LogP contribution in [0.5, 0.6) is 0 Å². The number of primary amides is 1. The zero-order valence-electron chi connectivity index (χ0n) is 12.6. The lowest BCUT2D eigenvalue weighted by molar-refractivity contribution is -0.133. The Morgan fingerprint density at radius 3 is 1.84 bits per heavy atom. The lowest BCUT2D eigenvalue weighted by Gasteiger charge is -2.14. The molecule has 0 aliphatic rings. The molecule has 0 saturated heterocycles. The molecular weight excluding hydrogens is 240 g/mol. The number of unbranched alkanes of at least 4 members (excludes halogenated alkanes) is 8. The molecule has 2 amide bonds. The summed E-state index contributed by atoms with van der Waals surface area (Å²) in [6.07, 6.45) is 11.7. The summed E-state index contributed by atoms with van der Waals surface area (Å²) in [6, 6.07) is 0. The van der Waals surface area contributed by atoms with E-state index in [9.17, 15) is 9.59 Å². The molecule has 0 aliphatic heterocycles. The van der Waals surface area contributed by atoms with Gasteiger partial charge in [0.05, 0.1) is 6.54 Å². The highest BCUT2D eigenvalue weighted by molar-refractivity contribution is 5.83. The molecule has 19 heavy (non-hydrogen) atoms. The molecule has 0 aliphatic carbocycles. The Balaban J connectivity index is 3.34. The van der Waals surface area contributed by atoms with Gasteiger partial charge in [-0.25, -0.2) is 0 Å². The first-order valence-electron chi connectivity index (χ1n) is 7.60. The van der Waals surface area contributed by atoms with Gasteiger partial charge in [-0.15, -0.1) is 0 Å². The quantitative estimate of drug-likeness (QED) is 0.554. The van der Waals surface area contributed by atoms with Gasteiger partial charge in [-0.1, -0.05) is 58.3 Å². The lowest BCUT2D eigenvalue weighted by atomic mass is 10.1. The van der Waals surface area contributed by atoms with Crippen molar-refractivity contribution in [3.8, 4) is 0 Å². The van der Waals surface area contributed by atoms with E-state index in [-0.39, 0.29) is 12.5 Å². The monoisotopic (exact) mass is 270 g/mol. The van der Waals surface area contributed by atoms with Crippen molar-refractivity contribution in [2.45, 2.75) is 71.1 Å². The van der Waals surface area contributed by atoms with Gasteiger partial charge in [0.1, 0.15) is 0 Å². The molecule has 0 aromatic rings. The van der Waals surface area contributed by atoms with E-state index in [2.05, 4.69) is 6.92 Å². The van der Waals surface area contributed by atoms with Crippen LogP contribution < -0.4 is 5.73 Å². The molecule has 0 atom stereocenters. The van der Waals surface area contributed by atoms with Crippen LogP contribution in [0.2, 0.25) is 0 Å². The number of nitrogens with zero attached hydrogens (tertiary/aromatic N) is 1. The molecule has 0 rings (SSSR count). The van der Waals surface area contributed by atoms with Crippen molar-refractivity contribution in [3.05, 3.63) is 0 Å². The molecule has 0 spiro atoms. The average Bonchev–Trinajstić information content (AvgIpc) is 2.35. The second-order valence-electron chi connectivity index (χ2n) is 5.29. The number of hydrogen-bond donors (Lipinski definition) is 1. The van der Waals surface area contributed by atoms with Crippen LogP contribution in [0.25, 0.3) is 0 Å². The average molecular weight is 270 g/mol. The Labute approximate surface area is 117 Å². The van der Waals surface area contributed by atoms with Gasteiger partial charge in [-0.3, -0.25) is 9.59 Å². The fraction of sp³-hybridized carbons (Fsp3) is 0.867. The molecule has 0 heterocycles. The molecule has 0 aromatic heterocycles. The van der Waals surface area contributed by atoms with Gasteiger partial charge in [0.25, 0.3) is 0 Å². The van der Waals surface area contributed by atoms with Crippen molar-refractivity contribution >= 4 is 11.8 Å². The van der Waals surface area contributed by atoms with E-state index >= 15 is 0 Å². The first-order valence-corrected chi connectivity index (χ1v) is 7.60. The van der Waals surface area contributed by atoms with Gasteiger partial charge in [0.15, 0.2) is 0 Å². The molecule has 0 bridgehead atoms. The summed E-state index contributed by atoms with van der Waals surface area (Å²) >= 11 is 0. The Hall–Kier alpha value is -1.06. The third kappa shape index (κ3) is 11.7. The van der Waals surface area contributed by atoms with E-state index in [4.69, 9.17) is 5.73 Å². The number of carbonyl (C=O) groups excluding carboxylic acids is 2. The van der Waals surface area contributed by atoms with Crippen LogP contribution in [0.1, 0.15) is 71.1 Å². The Kier molecular flexibility index (Phi) is 11.3. The third-order valence-electron chi connectivity index (χ3n) is 3.31. The largest absolute Gasteiger partial charge is 0.368 e. The molecule has 0 unspecified atom stereocenters. The minimum atomic E-state index is -0.456. The number of nitrogens with two attached hydrogens (primary N) is 1. The van der Waals surface area contributed by atoms with Gasteiger partial charge in [-0.2, -0.15) is 0 Å². The number of amides is 2. The summed E-state index contributed by atoms with van der Waals surface area (Å²) in [5, 5.41) is 0. The van der Waals surface area contributed by atoms with Crippen LogP contribution >= 0.6 is 0 Å². The van der Waals surface area contributed by atoms with Crippen molar-refractivity contribution in [3.63, 3.8) is 0 Å². The maximum absolute atomic E-state index is 11.6. The van der Waals surface area contributed by atoms with Gasteiger partial charge < -0.3 is 10.6 Å². The fourth-order valence-electron chi connectivity index (χ4n) is 2.10. The van der Waals surface area contributed by atoms with Crippen LogP contribution in [0.3, 0.4) is 0 Å². The Morgan fingerprint density at radius 2 is 1.37 bits per heavy atom. The van der Waals surface area contributed by atoms with Crippen LogP contribution in [0.15, 0.2) is 0 Å². The lowest BCUT2D eigenvalue weighted by Crippen LogP contribution is -2.35. The van der Waals surface area contributed by atoms with E-state index in [0.29, 0.717) is 6.42 Å². The maximum atomic E-state index is 11.6. The summed E-state index contributed by atoms with van der Waals surface area (Å²) in [5.41, 5.74) is 5.04. The Morgan fingerprint density at radius 1 is 0.895 bits per heavy atom. The van der Waals surface area contributed by atoms with Crippen LogP contribution in [-0.2, 0) is 9.59 Å². The smallest absolute Gasteiger partial charge is 0.237 e. The number of carbonyl (C=O) groups is 2. The van der Waals surface area contributed by atoms with E-state index in [0.717, 1.165) is 12.8 Å². The maximum Gasteiger partial charge on any atom is 0.237 e. The summed E-state index contributed by atoms with van der Waals surface area (Å²) < 4.78 is 0. The van der Waals surface area contributed by atoms with Crippen LogP contribution in [0, 0.1) is 0 Å². The molecule has 0 fully saturated rings. The summed E-state index contributed by atoms with van der Waals surface area (Å²) in [7, 11) is 1.63. The van der Waals surface area contributed by atoms with Crippen LogP contribution in [-0.4, -0.2) is 30.3 Å². The van der Waals surface area contributed by atoms with E-state index in [1.807, 2.05) is 0 Å². The van der Waals surface area contributed by atoms with E-state index in [1.54, 1.807) is 7.05 Å². The van der Waals surface area contributed by atoms with E-state index < -0.39 is 5.91 Å². The molecule has 2 N–H and O–H groups in total. The number of rotatable bonds is 12. The van der Waals surface area contributed by atoms with Crippen molar-refractivity contribution < 1.29 is 9.59 Å². The molecule has 112 valence electrons. The number of likely N-dealkylation sites (N-methyl/N-ethyl adjacent to an activating group) is 1. The van der Waals surface area contributed by atoms with Gasteiger partial charge in [-0.05, 0) is 6.42 Å².